The molecule has 4 heteroatoms. The van der Waals surface area contributed by atoms with Gasteiger partial charge in [-0.05, 0) is 13.8 Å². The molecule has 15 heavy (non-hydrogen) atoms. The lowest BCUT2D eigenvalue weighted by atomic mass is 10.2. The molecule has 0 rings (SSSR count). The van der Waals surface area contributed by atoms with Crippen molar-refractivity contribution in [3.05, 3.63) is 0 Å². The number of rotatable bonds is 7. The van der Waals surface area contributed by atoms with Gasteiger partial charge in [0.25, 0.3) is 0 Å². The number of hydrogen-bond acceptors (Lipinski definition) is 4. The number of aliphatic hydroxyl groups is 1. The second-order valence-electron chi connectivity index (χ2n) is 3.38. The first kappa shape index (κ1) is 13.9. The molecule has 4 nitrogen and oxygen atoms in total. The van der Waals surface area contributed by atoms with E-state index in [1.54, 1.807) is 6.92 Å². The standard InChI is InChI=1S/C11H19NO3/c1-4-6-9(3)12-8-10(13)7-11(14)15-5-2/h1,9-10,12-13H,5-8H2,2-3H3. The maximum Gasteiger partial charge on any atom is 0.308 e. The van der Waals surface area contributed by atoms with Crippen molar-refractivity contribution in [2.45, 2.75) is 38.8 Å². The van der Waals surface area contributed by atoms with Crippen LogP contribution in [-0.2, 0) is 9.53 Å². The average molecular weight is 213 g/mol. The molecular weight excluding hydrogens is 194 g/mol. The van der Waals surface area contributed by atoms with Crippen LogP contribution < -0.4 is 5.32 Å². The molecule has 0 bridgehead atoms. The van der Waals surface area contributed by atoms with Gasteiger partial charge in [0.15, 0.2) is 0 Å². The van der Waals surface area contributed by atoms with Crippen LogP contribution in [0.15, 0.2) is 0 Å². The fraction of sp³-hybridized carbons (Fsp3) is 0.727. The number of esters is 1. The van der Waals surface area contributed by atoms with E-state index in [1.807, 2.05) is 6.92 Å². The van der Waals surface area contributed by atoms with Crippen LogP contribution in [0.4, 0.5) is 0 Å². The molecule has 0 amide bonds. The summed E-state index contributed by atoms with van der Waals surface area (Å²) in [6.45, 7) is 4.35. The minimum Gasteiger partial charge on any atom is -0.466 e. The van der Waals surface area contributed by atoms with Crippen LogP contribution in [0.1, 0.15) is 26.7 Å². The third-order valence-electron chi connectivity index (χ3n) is 1.83. The Labute approximate surface area is 91.0 Å². The summed E-state index contributed by atoms with van der Waals surface area (Å²) in [4.78, 5) is 11.0. The van der Waals surface area contributed by atoms with E-state index in [1.165, 1.54) is 0 Å². The van der Waals surface area contributed by atoms with E-state index >= 15 is 0 Å². The highest BCUT2D eigenvalue weighted by Crippen LogP contribution is 1.95. The second-order valence-corrected chi connectivity index (χ2v) is 3.38. The Kier molecular flexibility index (Phi) is 7.69. The van der Waals surface area contributed by atoms with Gasteiger partial charge in [-0.1, -0.05) is 0 Å². The summed E-state index contributed by atoms with van der Waals surface area (Å²) < 4.78 is 4.71. The van der Waals surface area contributed by atoms with Crippen LogP contribution in [-0.4, -0.2) is 36.4 Å². The highest BCUT2D eigenvalue weighted by atomic mass is 16.5. The van der Waals surface area contributed by atoms with Gasteiger partial charge in [0.2, 0.25) is 0 Å². The lowest BCUT2D eigenvalue weighted by Crippen LogP contribution is -2.34. The van der Waals surface area contributed by atoms with E-state index in [-0.39, 0.29) is 18.4 Å². The van der Waals surface area contributed by atoms with Crippen molar-refractivity contribution >= 4 is 5.97 Å². The monoisotopic (exact) mass is 213 g/mol. The van der Waals surface area contributed by atoms with E-state index in [0.717, 1.165) is 0 Å². The zero-order chi connectivity index (χ0) is 11.7. The average Bonchev–Trinajstić information content (AvgIpc) is 2.15. The second kappa shape index (κ2) is 8.27. The number of nitrogens with one attached hydrogen (secondary N) is 1. The summed E-state index contributed by atoms with van der Waals surface area (Å²) in [6, 6.07) is 0.145. The van der Waals surface area contributed by atoms with E-state index in [2.05, 4.69) is 11.2 Å². The molecule has 0 aromatic carbocycles. The van der Waals surface area contributed by atoms with Crippen LogP contribution in [0.3, 0.4) is 0 Å². The third kappa shape index (κ3) is 7.98. The number of carbonyl (C=O) groups excluding carboxylic acids is 1. The van der Waals surface area contributed by atoms with Gasteiger partial charge >= 0.3 is 5.97 Å². The van der Waals surface area contributed by atoms with Crippen molar-refractivity contribution in [1.82, 2.24) is 5.32 Å². The Morgan fingerprint density at radius 3 is 2.87 bits per heavy atom. The van der Waals surface area contributed by atoms with Crippen molar-refractivity contribution in [3.63, 3.8) is 0 Å². The van der Waals surface area contributed by atoms with Gasteiger partial charge < -0.3 is 15.2 Å². The summed E-state index contributed by atoms with van der Waals surface area (Å²) in [6.07, 6.45) is 5.03. The third-order valence-corrected chi connectivity index (χ3v) is 1.83. The van der Waals surface area contributed by atoms with Gasteiger partial charge in [-0.3, -0.25) is 4.79 Å². The van der Waals surface area contributed by atoms with Crippen LogP contribution in [0.25, 0.3) is 0 Å². The molecule has 0 saturated heterocycles. The maximum atomic E-state index is 11.0. The van der Waals surface area contributed by atoms with Crippen molar-refractivity contribution in [1.29, 1.82) is 0 Å². The zero-order valence-corrected chi connectivity index (χ0v) is 9.32. The molecule has 0 aliphatic heterocycles. The predicted octanol–water partition coefficient (Wildman–Crippen LogP) is 0.302. The predicted molar refractivity (Wildman–Crippen MR) is 58.2 cm³/mol. The lowest BCUT2D eigenvalue weighted by molar-refractivity contribution is -0.145. The van der Waals surface area contributed by atoms with E-state index in [0.29, 0.717) is 19.6 Å². The van der Waals surface area contributed by atoms with Crippen LogP contribution in [0.2, 0.25) is 0 Å². The quantitative estimate of drug-likeness (QED) is 0.472. The number of terminal acetylenes is 1. The van der Waals surface area contributed by atoms with Crippen molar-refractivity contribution in [2.75, 3.05) is 13.2 Å². The summed E-state index contributed by atoms with van der Waals surface area (Å²) in [7, 11) is 0. The first-order chi connectivity index (χ1) is 7.10. The lowest BCUT2D eigenvalue weighted by Gasteiger charge is -2.14. The van der Waals surface area contributed by atoms with E-state index in [4.69, 9.17) is 11.2 Å². The summed E-state index contributed by atoms with van der Waals surface area (Å²) in [5.74, 6) is 2.14. The number of hydrogen-bond donors (Lipinski definition) is 2. The summed E-state index contributed by atoms with van der Waals surface area (Å²) in [5.41, 5.74) is 0. The van der Waals surface area contributed by atoms with Crippen molar-refractivity contribution < 1.29 is 14.6 Å². The van der Waals surface area contributed by atoms with E-state index in [9.17, 15) is 9.90 Å². The molecular formula is C11H19NO3. The minimum atomic E-state index is -0.718. The molecule has 0 spiro atoms. The summed E-state index contributed by atoms with van der Waals surface area (Å²) in [5, 5.41) is 12.5. The fourth-order valence-corrected chi connectivity index (χ4v) is 1.07. The zero-order valence-electron chi connectivity index (χ0n) is 9.32. The largest absolute Gasteiger partial charge is 0.466 e. The van der Waals surface area contributed by atoms with Gasteiger partial charge in [0.1, 0.15) is 0 Å². The normalized spacial score (nSPS) is 14.0. The number of aliphatic hydroxyl groups excluding tert-OH is 1. The first-order valence-corrected chi connectivity index (χ1v) is 5.10. The first-order valence-electron chi connectivity index (χ1n) is 5.10. The molecule has 86 valence electrons. The topological polar surface area (TPSA) is 58.6 Å². The Morgan fingerprint density at radius 1 is 1.67 bits per heavy atom. The molecule has 0 saturated carbocycles. The molecule has 0 heterocycles. The van der Waals surface area contributed by atoms with Gasteiger partial charge in [-0.25, -0.2) is 0 Å². The molecule has 0 aromatic rings. The molecule has 0 aliphatic carbocycles. The molecule has 0 aliphatic rings. The van der Waals surface area contributed by atoms with Gasteiger partial charge in [0.05, 0.1) is 19.1 Å². The molecule has 0 radical (unpaired) electrons. The minimum absolute atomic E-state index is 0.0175. The molecule has 2 atom stereocenters. The Balaban J connectivity index is 3.61. The number of carbonyl (C=O) groups is 1. The van der Waals surface area contributed by atoms with Crippen LogP contribution in [0, 0.1) is 12.3 Å². The van der Waals surface area contributed by atoms with Crippen molar-refractivity contribution in [3.8, 4) is 12.3 Å². The highest BCUT2D eigenvalue weighted by molar-refractivity contribution is 5.69. The molecule has 2 N–H and O–H groups in total. The SMILES string of the molecule is C#CCC(C)NCC(O)CC(=O)OCC. The van der Waals surface area contributed by atoms with Crippen LogP contribution in [0.5, 0.6) is 0 Å². The maximum absolute atomic E-state index is 11.0. The van der Waals surface area contributed by atoms with Gasteiger partial charge in [-0.2, -0.15) is 0 Å². The summed E-state index contributed by atoms with van der Waals surface area (Å²) >= 11 is 0. The molecule has 2 unspecified atom stereocenters. The van der Waals surface area contributed by atoms with Crippen LogP contribution >= 0.6 is 0 Å². The molecule has 0 fully saturated rings. The highest BCUT2D eigenvalue weighted by Gasteiger charge is 2.12. The fourth-order valence-electron chi connectivity index (χ4n) is 1.07. The smallest absolute Gasteiger partial charge is 0.308 e. The number of ether oxygens (including phenoxy) is 1. The van der Waals surface area contributed by atoms with E-state index < -0.39 is 6.10 Å². The van der Waals surface area contributed by atoms with Crippen molar-refractivity contribution in [2.24, 2.45) is 0 Å². The van der Waals surface area contributed by atoms with Gasteiger partial charge in [0, 0.05) is 19.0 Å². The Morgan fingerprint density at radius 2 is 2.33 bits per heavy atom. The molecule has 0 aromatic heterocycles. The van der Waals surface area contributed by atoms with Gasteiger partial charge in [-0.15, -0.1) is 12.3 Å². The Hall–Kier alpha value is -1.05. The Bertz CT molecular complexity index is 222.